The van der Waals surface area contributed by atoms with Crippen molar-refractivity contribution < 1.29 is 14.1 Å². The van der Waals surface area contributed by atoms with Crippen molar-refractivity contribution in [2.45, 2.75) is 6.92 Å². The molecule has 0 radical (unpaired) electrons. The second-order valence-electron chi connectivity index (χ2n) is 5.39. The number of aryl methyl sites for hydroxylation is 2. The summed E-state index contributed by atoms with van der Waals surface area (Å²) in [5.74, 6) is 0.311. The van der Waals surface area contributed by atoms with Gasteiger partial charge in [-0.15, -0.1) is 0 Å². The fourth-order valence-corrected chi connectivity index (χ4v) is 4.07. The molecule has 0 fully saturated rings. The minimum Gasteiger partial charge on any atom is -0.458 e. The van der Waals surface area contributed by atoms with Crippen molar-refractivity contribution in [2.24, 2.45) is 7.05 Å². The Balaban J connectivity index is 2.19. The van der Waals surface area contributed by atoms with Gasteiger partial charge in [-0.1, -0.05) is 58.2 Å². The molecule has 0 saturated carbocycles. The highest BCUT2D eigenvalue weighted by Crippen LogP contribution is 2.35. The lowest BCUT2D eigenvalue weighted by molar-refractivity contribution is -0.661. The molecule has 1 N–H and O–H groups in total. The van der Waals surface area contributed by atoms with E-state index in [0.29, 0.717) is 5.88 Å². The van der Waals surface area contributed by atoms with Crippen molar-refractivity contribution in [3.8, 4) is 16.3 Å². The molecule has 4 heteroatoms. The van der Waals surface area contributed by atoms with Crippen LogP contribution < -0.4 is 8.97 Å². The van der Waals surface area contributed by atoms with Gasteiger partial charge in [0.2, 0.25) is 0 Å². The van der Waals surface area contributed by atoms with Gasteiger partial charge in [-0.05, 0) is 0 Å². The lowest BCUT2D eigenvalue weighted by Gasteiger charge is -1.96. The van der Waals surface area contributed by atoms with Gasteiger partial charge in [0.1, 0.15) is 7.05 Å². The van der Waals surface area contributed by atoms with Crippen molar-refractivity contribution in [1.29, 1.82) is 0 Å². The highest BCUT2D eigenvalue weighted by Gasteiger charge is 2.31. The Morgan fingerprint density at radius 3 is 2.27 bits per heavy atom. The summed E-state index contributed by atoms with van der Waals surface area (Å²) in [6, 6.07) is 18.2. The van der Waals surface area contributed by atoms with Gasteiger partial charge in [0.05, 0.1) is 0 Å². The number of rotatable bonds is 1. The fourth-order valence-electron chi connectivity index (χ4n) is 2.88. The van der Waals surface area contributed by atoms with E-state index < -0.39 is 0 Å². The van der Waals surface area contributed by atoms with E-state index in [1.807, 2.05) is 52.9 Å². The summed E-state index contributed by atoms with van der Waals surface area (Å²) in [5.41, 5.74) is 4.30. The molecule has 2 aromatic heterocycles. The second-order valence-corrected chi connectivity index (χ2v) is 6.39. The highest BCUT2D eigenvalue weighted by atomic mass is 32.1. The molecule has 0 spiro atoms. The molecule has 0 amide bonds. The number of hydrogen-bond acceptors (Lipinski definition) is 2. The normalized spacial score (nSPS) is 11.4. The number of hydrogen-bond donors (Lipinski definition) is 1. The molecule has 2 heterocycles. The van der Waals surface area contributed by atoms with E-state index in [4.69, 9.17) is 0 Å². The van der Waals surface area contributed by atoms with E-state index in [1.54, 1.807) is 11.3 Å². The van der Waals surface area contributed by atoms with Crippen LogP contribution in [0.25, 0.3) is 26.3 Å². The number of para-hydroxylation sites is 2. The predicted molar refractivity (Wildman–Crippen MR) is 88.0 cm³/mol. The third-order valence-corrected chi connectivity index (χ3v) is 5.44. The minimum atomic E-state index is 0.311. The van der Waals surface area contributed by atoms with Gasteiger partial charge < -0.3 is 5.11 Å². The van der Waals surface area contributed by atoms with E-state index in [9.17, 15) is 5.11 Å². The average Bonchev–Trinajstić information content (AvgIpc) is 2.91. The Hall–Kier alpha value is -2.46. The fraction of sp³-hybridized carbons (Fsp3) is 0.111. The van der Waals surface area contributed by atoms with E-state index >= 15 is 0 Å². The molecule has 0 atom stereocenters. The maximum atomic E-state index is 10.8. The summed E-state index contributed by atoms with van der Waals surface area (Å²) < 4.78 is 4.13. The number of nitrogens with zero attached hydrogens (tertiary/aromatic N) is 2. The molecule has 0 aliphatic heterocycles. The van der Waals surface area contributed by atoms with Gasteiger partial charge in [-0.25, -0.2) is 0 Å². The average molecular weight is 308 g/mol. The zero-order valence-corrected chi connectivity index (χ0v) is 13.3. The lowest BCUT2D eigenvalue weighted by Crippen LogP contribution is -2.39. The van der Waals surface area contributed by atoms with E-state index in [1.165, 1.54) is 0 Å². The molecule has 0 unspecified atom stereocenters. The van der Waals surface area contributed by atoms with E-state index in [2.05, 4.69) is 24.6 Å². The van der Waals surface area contributed by atoms with Gasteiger partial charge in [-0.2, -0.15) is 4.57 Å². The van der Waals surface area contributed by atoms with Gasteiger partial charge in [-0.3, -0.25) is 0 Å². The smallest absolute Gasteiger partial charge is 0.391 e. The number of thiazole rings is 1. The summed E-state index contributed by atoms with van der Waals surface area (Å²) in [7, 11) is 2.07. The first-order valence-corrected chi connectivity index (χ1v) is 8.00. The van der Waals surface area contributed by atoms with Gasteiger partial charge in [0.25, 0.3) is 16.7 Å². The standard InChI is InChI=1S/C18H15N2OS/c1-12-18-20(15-11-7-6-10-14(15)19(12)2)17(21)16(22-18)13-8-4-3-5-9-13/h3-11H,1-2H3/q+1/p+1. The van der Waals surface area contributed by atoms with Gasteiger partial charge in [0.15, 0.2) is 4.88 Å². The quantitative estimate of drug-likeness (QED) is 0.538. The van der Waals surface area contributed by atoms with Gasteiger partial charge >= 0.3 is 10.7 Å². The predicted octanol–water partition coefficient (Wildman–Crippen LogP) is 3.15. The summed E-state index contributed by atoms with van der Waals surface area (Å²) in [6.45, 7) is 2.09. The molecule has 0 aliphatic rings. The first-order valence-electron chi connectivity index (χ1n) is 7.19. The maximum Gasteiger partial charge on any atom is 0.391 e. The minimum absolute atomic E-state index is 0.311. The Morgan fingerprint density at radius 1 is 0.909 bits per heavy atom. The highest BCUT2D eigenvalue weighted by molar-refractivity contribution is 7.20. The van der Waals surface area contributed by atoms with Crippen LogP contribution in [-0.2, 0) is 7.05 Å². The van der Waals surface area contributed by atoms with Crippen molar-refractivity contribution in [1.82, 2.24) is 0 Å². The third kappa shape index (κ3) is 1.74. The van der Waals surface area contributed by atoms with Crippen LogP contribution in [0.3, 0.4) is 0 Å². The van der Waals surface area contributed by atoms with Crippen molar-refractivity contribution in [2.75, 3.05) is 0 Å². The molecular weight excluding hydrogens is 292 g/mol. The summed E-state index contributed by atoms with van der Waals surface area (Å²) in [5, 5.41) is 10.8. The first-order chi connectivity index (χ1) is 10.7. The van der Waals surface area contributed by atoms with Crippen molar-refractivity contribution >= 4 is 27.2 Å². The van der Waals surface area contributed by atoms with Crippen LogP contribution in [0.15, 0.2) is 54.6 Å². The first kappa shape index (κ1) is 13.2. The summed E-state index contributed by atoms with van der Waals surface area (Å²) in [6.07, 6.45) is 0. The van der Waals surface area contributed by atoms with Crippen LogP contribution in [0.2, 0.25) is 0 Å². The van der Waals surface area contributed by atoms with Crippen LogP contribution in [0.1, 0.15) is 5.69 Å². The number of aromatic nitrogens is 2. The van der Waals surface area contributed by atoms with E-state index in [0.717, 1.165) is 32.0 Å². The molecule has 0 aliphatic carbocycles. The Morgan fingerprint density at radius 2 is 1.55 bits per heavy atom. The monoisotopic (exact) mass is 308 g/mol. The molecule has 108 valence electrons. The summed E-state index contributed by atoms with van der Waals surface area (Å²) in [4.78, 5) is 1.97. The zero-order chi connectivity index (χ0) is 15.3. The Kier molecular flexibility index (Phi) is 2.87. The van der Waals surface area contributed by atoms with Crippen LogP contribution in [0.4, 0.5) is 0 Å². The second kappa shape index (κ2) is 4.78. The number of aromatic hydroxyl groups is 1. The van der Waals surface area contributed by atoms with E-state index in [-0.39, 0.29) is 0 Å². The molecular formula is C18H16N2OS+2. The number of fused-ring (bicyclic) bond motifs is 3. The molecule has 0 saturated heterocycles. The Labute approximate surface area is 132 Å². The number of benzene rings is 2. The van der Waals surface area contributed by atoms with Crippen LogP contribution in [0, 0.1) is 6.92 Å². The third-order valence-electron chi connectivity index (χ3n) is 4.15. The molecule has 4 aromatic rings. The SMILES string of the molecule is Cc1c2sc(-c3ccccc3)c(O)[n+]2c2ccccc2[n+]1C. The van der Waals surface area contributed by atoms with Crippen LogP contribution >= 0.6 is 11.3 Å². The maximum absolute atomic E-state index is 10.8. The van der Waals surface area contributed by atoms with Crippen LogP contribution in [0.5, 0.6) is 5.88 Å². The Bertz CT molecular complexity index is 1010. The lowest BCUT2D eigenvalue weighted by atomic mass is 10.2. The van der Waals surface area contributed by atoms with Gasteiger partial charge in [0, 0.05) is 24.6 Å². The molecule has 22 heavy (non-hydrogen) atoms. The largest absolute Gasteiger partial charge is 0.458 e. The summed E-state index contributed by atoms with van der Waals surface area (Å²) >= 11 is 1.62. The molecule has 3 nitrogen and oxygen atoms in total. The zero-order valence-electron chi connectivity index (χ0n) is 12.4. The molecule has 0 bridgehead atoms. The van der Waals surface area contributed by atoms with Crippen molar-refractivity contribution in [3.05, 3.63) is 60.3 Å². The molecule has 4 rings (SSSR count). The topological polar surface area (TPSA) is 28.2 Å². The van der Waals surface area contributed by atoms with Crippen molar-refractivity contribution in [3.63, 3.8) is 0 Å². The van der Waals surface area contributed by atoms with Crippen LogP contribution in [-0.4, -0.2) is 5.11 Å². The molecule has 2 aromatic carbocycles.